The number of anilines is 1. The third-order valence-electron chi connectivity index (χ3n) is 8.54. The van der Waals surface area contributed by atoms with E-state index in [9.17, 15) is 14.7 Å². The highest BCUT2D eigenvalue weighted by Crippen LogP contribution is 2.42. The predicted molar refractivity (Wildman–Crippen MR) is 177 cm³/mol. The van der Waals surface area contributed by atoms with E-state index in [2.05, 4.69) is 27.1 Å². The number of hydrogen-bond donors (Lipinski definition) is 3. The summed E-state index contributed by atoms with van der Waals surface area (Å²) >= 11 is 0. The van der Waals surface area contributed by atoms with Crippen molar-refractivity contribution in [2.75, 3.05) is 12.4 Å². The van der Waals surface area contributed by atoms with Gasteiger partial charge in [-0.3, -0.25) is 0 Å². The molecule has 6 rings (SSSR count). The number of carbonyl (C=O) groups is 2. The van der Waals surface area contributed by atoms with Crippen LogP contribution in [0.5, 0.6) is 0 Å². The molecule has 4 aromatic carbocycles. The molecule has 1 saturated heterocycles. The van der Waals surface area contributed by atoms with Crippen molar-refractivity contribution in [1.29, 1.82) is 0 Å². The van der Waals surface area contributed by atoms with E-state index in [1.54, 1.807) is 12.1 Å². The maximum absolute atomic E-state index is 12.9. The Balaban J connectivity index is 1.18. The monoisotopic (exact) mass is 634 g/mol. The summed E-state index contributed by atoms with van der Waals surface area (Å²) in [6.45, 7) is 2.67. The van der Waals surface area contributed by atoms with Gasteiger partial charge in [0, 0.05) is 23.6 Å². The average molecular weight is 635 g/mol. The van der Waals surface area contributed by atoms with Gasteiger partial charge in [0.05, 0.1) is 49.8 Å². The number of imidazole rings is 1. The predicted octanol–water partition coefficient (Wildman–Crippen LogP) is 5.93. The van der Waals surface area contributed by atoms with Crippen LogP contribution in [0.25, 0.3) is 11.0 Å². The Hall–Kier alpha value is -5.03. The number of hydrogen-bond acceptors (Lipinski definition) is 7. The van der Waals surface area contributed by atoms with E-state index in [0.717, 1.165) is 33.3 Å². The molecule has 0 aliphatic carbocycles. The molecular formula is C37H38N4O6. The molecule has 3 N–H and O–H groups in total. The second-order valence-corrected chi connectivity index (χ2v) is 11.7. The SMILES string of the molecule is COC(=O)C(Cc1ccccc1)NC(=O)Nc1ccc(C2OC(Cn3cnc4ccccc43)C(C)C(c3ccc(CO)cc3)O2)cc1. The Bertz CT molecular complexity index is 1790. The molecule has 1 fully saturated rings. The summed E-state index contributed by atoms with van der Waals surface area (Å²) in [5, 5.41) is 15.1. The highest BCUT2D eigenvalue weighted by Gasteiger charge is 2.38. The maximum atomic E-state index is 12.9. The fourth-order valence-electron chi connectivity index (χ4n) is 5.91. The molecule has 242 valence electrons. The van der Waals surface area contributed by atoms with Crippen LogP contribution in [0.2, 0.25) is 0 Å². The first kappa shape index (κ1) is 31.9. The van der Waals surface area contributed by atoms with E-state index in [4.69, 9.17) is 14.2 Å². The first-order valence-corrected chi connectivity index (χ1v) is 15.6. The summed E-state index contributed by atoms with van der Waals surface area (Å²) < 4.78 is 20.2. The molecular weight excluding hydrogens is 596 g/mol. The summed E-state index contributed by atoms with van der Waals surface area (Å²) in [6, 6.07) is 31.1. The first-order valence-electron chi connectivity index (χ1n) is 15.6. The molecule has 10 heteroatoms. The average Bonchev–Trinajstić information content (AvgIpc) is 3.52. The van der Waals surface area contributed by atoms with Gasteiger partial charge < -0.3 is 34.5 Å². The molecule has 0 spiro atoms. The first-order chi connectivity index (χ1) is 22.9. The minimum Gasteiger partial charge on any atom is -0.467 e. The summed E-state index contributed by atoms with van der Waals surface area (Å²) in [7, 11) is 1.30. The lowest BCUT2D eigenvalue weighted by atomic mass is 9.90. The van der Waals surface area contributed by atoms with Crippen LogP contribution in [-0.2, 0) is 38.6 Å². The third-order valence-corrected chi connectivity index (χ3v) is 8.54. The number of rotatable bonds is 10. The van der Waals surface area contributed by atoms with Crippen molar-refractivity contribution in [3.8, 4) is 0 Å². The van der Waals surface area contributed by atoms with Gasteiger partial charge in [-0.2, -0.15) is 0 Å². The van der Waals surface area contributed by atoms with Gasteiger partial charge in [0.15, 0.2) is 6.29 Å². The number of carbonyl (C=O) groups excluding carboxylic acids is 2. The number of nitrogens with one attached hydrogen (secondary N) is 2. The van der Waals surface area contributed by atoms with Crippen LogP contribution in [-0.4, -0.2) is 45.9 Å². The van der Waals surface area contributed by atoms with Gasteiger partial charge >= 0.3 is 12.0 Å². The summed E-state index contributed by atoms with van der Waals surface area (Å²) in [4.78, 5) is 29.8. The molecule has 2 heterocycles. The van der Waals surface area contributed by atoms with Crippen molar-refractivity contribution in [3.63, 3.8) is 0 Å². The highest BCUT2D eigenvalue weighted by atomic mass is 16.7. The number of nitrogens with zero attached hydrogens (tertiary/aromatic N) is 2. The molecule has 0 radical (unpaired) electrons. The van der Waals surface area contributed by atoms with E-state index in [1.807, 2.05) is 97.3 Å². The smallest absolute Gasteiger partial charge is 0.328 e. The standard InChI is InChI=1S/C37H38N4O6/c1-24-33(21-41-23-38-30-10-6-7-11-32(30)41)46-36(47-34(24)27-14-12-26(22-42)13-15-27)28-16-18-29(19-17-28)39-37(44)40-31(35(43)45-2)20-25-8-4-3-5-9-25/h3-19,23-24,31,33-34,36,42H,20-22H2,1-2H3,(H2,39,40,44). The van der Waals surface area contributed by atoms with Gasteiger partial charge in [0.25, 0.3) is 0 Å². The van der Waals surface area contributed by atoms with Crippen molar-refractivity contribution in [2.24, 2.45) is 5.92 Å². The number of benzene rings is 4. The molecule has 5 aromatic rings. The minimum absolute atomic E-state index is 0.00401. The molecule has 0 bridgehead atoms. The van der Waals surface area contributed by atoms with Gasteiger partial charge in [-0.15, -0.1) is 0 Å². The van der Waals surface area contributed by atoms with Crippen molar-refractivity contribution in [3.05, 3.63) is 132 Å². The quantitative estimate of drug-likeness (QED) is 0.163. The zero-order valence-electron chi connectivity index (χ0n) is 26.3. The molecule has 1 aliphatic heterocycles. The zero-order chi connectivity index (χ0) is 32.8. The van der Waals surface area contributed by atoms with Gasteiger partial charge in [-0.1, -0.05) is 85.8 Å². The Morgan fingerprint density at radius 1 is 0.894 bits per heavy atom. The molecule has 5 unspecified atom stereocenters. The van der Waals surface area contributed by atoms with Crippen LogP contribution in [0, 0.1) is 5.92 Å². The fraction of sp³-hybridized carbons (Fsp3) is 0.270. The number of esters is 1. The van der Waals surface area contributed by atoms with Crippen LogP contribution < -0.4 is 10.6 Å². The topological polar surface area (TPSA) is 124 Å². The van der Waals surface area contributed by atoms with E-state index in [1.165, 1.54) is 7.11 Å². The normalized spacial score (nSPS) is 20.0. The van der Waals surface area contributed by atoms with Crippen LogP contribution in [0.4, 0.5) is 10.5 Å². The minimum atomic E-state index is -0.847. The van der Waals surface area contributed by atoms with Crippen LogP contribution >= 0.6 is 0 Å². The van der Waals surface area contributed by atoms with Crippen molar-refractivity contribution < 1.29 is 28.9 Å². The van der Waals surface area contributed by atoms with Gasteiger partial charge in [0.2, 0.25) is 0 Å². The third kappa shape index (κ3) is 7.52. The second-order valence-electron chi connectivity index (χ2n) is 11.7. The molecule has 2 amide bonds. The summed E-state index contributed by atoms with van der Waals surface area (Å²) in [6.07, 6.45) is 0.981. The number of aliphatic hydroxyl groups excluding tert-OH is 1. The largest absolute Gasteiger partial charge is 0.467 e. The Kier molecular flexibility index (Phi) is 9.92. The van der Waals surface area contributed by atoms with Crippen LogP contribution in [0.3, 0.4) is 0 Å². The van der Waals surface area contributed by atoms with Crippen LogP contribution in [0.1, 0.15) is 41.6 Å². The Labute approximate surface area is 273 Å². The van der Waals surface area contributed by atoms with E-state index in [-0.39, 0.29) is 24.7 Å². The number of aromatic nitrogens is 2. The second kappa shape index (κ2) is 14.6. The molecule has 47 heavy (non-hydrogen) atoms. The molecule has 10 nitrogen and oxygen atoms in total. The molecule has 0 saturated carbocycles. The maximum Gasteiger partial charge on any atom is 0.328 e. The molecule has 1 aliphatic rings. The van der Waals surface area contributed by atoms with E-state index >= 15 is 0 Å². The van der Waals surface area contributed by atoms with Crippen molar-refractivity contribution >= 4 is 28.7 Å². The molecule has 1 aromatic heterocycles. The van der Waals surface area contributed by atoms with Crippen molar-refractivity contribution in [1.82, 2.24) is 14.9 Å². The highest BCUT2D eigenvalue weighted by molar-refractivity contribution is 5.92. The number of fused-ring (bicyclic) bond motifs is 1. The van der Waals surface area contributed by atoms with Gasteiger partial charge in [-0.05, 0) is 41.0 Å². The number of para-hydroxylation sites is 2. The lowest BCUT2D eigenvalue weighted by Crippen LogP contribution is -2.45. The Morgan fingerprint density at radius 2 is 1.60 bits per heavy atom. The summed E-state index contributed by atoms with van der Waals surface area (Å²) in [5.41, 5.74) is 6.00. The van der Waals surface area contributed by atoms with E-state index < -0.39 is 24.3 Å². The number of methoxy groups -OCH3 is 1. The van der Waals surface area contributed by atoms with Crippen molar-refractivity contribution in [2.45, 2.75) is 51.0 Å². The Morgan fingerprint density at radius 3 is 2.32 bits per heavy atom. The zero-order valence-corrected chi connectivity index (χ0v) is 26.3. The van der Waals surface area contributed by atoms with Crippen LogP contribution in [0.15, 0.2) is 109 Å². The van der Waals surface area contributed by atoms with E-state index in [0.29, 0.717) is 18.7 Å². The molecule has 5 atom stereocenters. The lowest BCUT2D eigenvalue weighted by Gasteiger charge is -2.41. The number of amides is 2. The van der Waals surface area contributed by atoms with Gasteiger partial charge in [0.1, 0.15) is 6.04 Å². The lowest BCUT2D eigenvalue weighted by molar-refractivity contribution is -0.276. The number of aliphatic hydroxyl groups is 1. The van der Waals surface area contributed by atoms with Gasteiger partial charge in [-0.25, -0.2) is 14.6 Å². The number of ether oxygens (including phenoxy) is 3. The fourth-order valence-corrected chi connectivity index (χ4v) is 5.91. The number of urea groups is 1. The summed E-state index contributed by atoms with van der Waals surface area (Å²) in [5.74, 6) is -0.533.